The van der Waals surface area contributed by atoms with Gasteiger partial charge >= 0.3 is 0 Å². The van der Waals surface area contributed by atoms with Gasteiger partial charge in [-0.3, -0.25) is 5.10 Å². The van der Waals surface area contributed by atoms with Crippen LogP contribution < -0.4 is 5.73 Å². The molecule has 0 aliphatic carbocycles. The third-order valence-corrected chi connectivity index (χ3v) is 3.68. The van der Waals surface area contributed by atoms with E-state index in [4.69, 9.17) is 5.73 Å². The summed E-state index contributed by atoms with van der Waals surface area (Å²) in [6.07, 6.45) is 4.69. The number of H-pyrrole nitrogens is 2. The molecule has 0 aliphatic rings. The normalized spacial score (nSPS) is 11.4. The molecule has 0 saturated carbocycles. The molecule has 0 aliphatic heterocycles. The molecule has 98 valence electrons. The molecule has 0 bridgehead atoms. The first-order valence-electron chi connectivity index (χ1n) is 5.60. The standard InChI is InChI=1S/C10H7N9S/c11-10-17-6-4(1-16-19-6)8(18-10)20-9-5-7(13-2-12-5)14-3-15-9/h1-3H,(H,12,13,14,15)(H3,11,16,17,18,19). The minimum absolute atomic E-state index is 0.180. The molecule has 0 amide bonds. The fourth-order valence-electron chi connectivity index (χ4n) is 1.81. The second kappa shape index (κ2) is 4.13. The molecule has 20 heavy (non-hydrogen) atoms. The largest absolute Gasteiger partial charge is 0.368 e. The lowest BCUT2D eigenvalue weighted by molar-refractivity contribution is 1.06. The van der Waals surface area contributed by atoms with Crippen molar-refractivity contribution in [2.24, 2.45) is 0 Å². The Morgan fingerprint density at radius 2 is 2.05 bits per heavy atom. The molecule has 4 aromatic heterocycles. The molecule has 9 nitrogen and oxygen atoms in total. The van der Waals surface area contributed by atoms with Crippen LogP contribution in [0.1, 0.15) is 0 Å². The molecule has 0 saturated heterocycles. The summed E-state index contributed by atoms with van der Waals surface area (Å²) >= 11 is 1.36. The van der Waals surface area contributed by atoms with E-state index in [1.807, 2.05) is 0 Å². The highest BCUT2D eigenvalue weighted by molar-refractivity contribution is 7.99. The number of anilines is 1. The summed E-state index contributed by atoms with van der Waals surface area (Å²) in [5.41, 5.74) is 7.65. The lowest BCUT2D eigenvalue weighted by atomic mass is 10.4. The highest BCUT2D eigenvalue weighted by Gasteiger charge is 2.13. The van der Waals surface area contributed by atoms with Crippen molar-refractivity contribution in [1.29, 1.82) is 0 Å². The van der Waals surface area contributed by atoms with E-state index in [1.54, 1.807) is 12.5 Å². The lowest BCUT2D eigenvalue weighted by Gasteiger charge is -2.02. The van der Waals surface area contributed by atoms with Gasteiger partial charge in [0.25, 0.3) is 0 Å². The number of nitrogens with one attached hydrogen (secondary N) is 2. The Hall–Kier alpha value is -2.75. The van der Waals surface area contributed by atoms with Gasteiger partial charge in [0.2, 0.25) is 5.95 Å². The molecular formula is C10H7N9S. The average Bonchev–Trinajstić information content (AvgIpc) is 3.06. The first-order valence-corrected chi connectivity index (χ1v) is 6.41. The number of aromatic nitrogens is 8. The van der Waals surface area contributed by atoms with Gasteiger partial charge in [0.15, 0.2) is 11.3 Å². The van der Waals surface area contributed by atoms with Gasteiger partial charge in [0.1, 0.15) is 21.9 Å². The fraction of sp³-hybridized carbons (Fsp3) is 0. The molecule has 0 aromatic carbocycles. The summed E-state index contributed by atoms with van der Waals surface area (Å²) in [4.78, 5) is 23.7. The summed E-state index contributed by atoms with van der Waals surface area (Å²) in [5, 5.41) is 8.90. The smallest absolute Gasteiger partial charge is 0.223 e. The quantitative estimate of drug-likeness (QED) is 0.459. The summed E-state index contributed by atoms with van der Waals surface area (Å²) in [7, 11) is 0. The van der Waals surface area contributed by atoms with Crippen molar-refractivity contribution in [2.75, 3.05) is 5.73 Å². The minimum atomic E-state index is 0.180. The summed E-state index contributed by atoms with van der Waals surface area (Å²) in [6, 6.07) is 0. The van der Waals surface area contributed by atoms with Crippen LogP contribution in [0.3, 0.4) is 0 Å². The van der Waals surface area contributed by atoms with Crippen LogP contribution in [0.4, 0.5) is 5.95 Å². The van der Waals surface area contributed by atoms with Crippen molar-refractivity contribution >= 4 is 39.9 Å². The zero-order valence-electron chi connectivity index (χ0n) is 9.90. The van der Waals surface area contributed by atoms with E-state index in [-0.39, 0.29) is 5.95 Å². The van der Waals surface area contributed by atoms with Crippen LogP contribution in [0.5, 0.6) is 0 Å². The Kier molecular flexibility index (Phi) is 2.29. The molecule has 10 heteroatoms. The zero-order valence-corrected chi connectivity index (χ0v) is 10.7. The highest BCUT2D eigenvalue weighted by atomic mass is 32.2. The molecular weight excluding hydrogens is 278 g/mol. The van der Waals surface area contributed by atoms with Crippen LogP contribution >= 0.6 is 11.8 Å². The highest BCUT2D eigenvalue weighted by Crippen LogP contribution is 2.32. The predicted octanol–water partition coefficient (Wildman–Crippen LogP) is 0.753. The Morgan fingerprint density at radius 3 is 3.00 bits per heavy atom. The van der Waals surface area contributed by atoms with E-state index in [1.165, 1.54) is 18.1 Å². The molecule has 0 unspecified atom stereocenters. The van der Waals surface area contributed by atoms with Crippen LogP contribution in [0, 0.1) is 0 Å². The maximum Gasteiger partial charge on any atom is 0.223 e. The van der Waals surface area contributed by atoms with Crippen molar-refractivity contribution in [1.82, 2.24) is 40.1 Å². The van der Waals surface area contributed by atoms with Crippen LogP contribution in [-0.2, 0) is 0 Å². The van der Waals surface area contributed by atoms with Crippen molar-refractivity contribution < 1.29 is 0 Å². The lowest BCUT2D eigenvalue weighted by Crippen LogP contribution is -1.97. The Labute approximate surface area is 115 Å². The summed E-state index contributed by atoms with van der Waals surface area (Å²) in [5.74, 6) is 0.180. The molecule has 0 radical (unpaired) electrons. The Balaban J connectivity index is 1.88. The first-order chi connectivity index (χ1) is 9.81. The number of nitrogens with two attached hydrogens (primary N) is 1. The van der Waals surface area contributed by atoms with E-state index in [0.717, 1.165) is 10.9 Å². The number of hydrogen-bond donors (Lipinski definition) is 3. The summed E-state index contributed by atoms with van der Waals surface area (Å²) in [6.45, 7) is 0. The summed E-state index contributed by atoms with van der Waals surface area (Å²) < 4.78 is 0. The fourth-order valence-corrected chi connectivity index (χ4v) is 2.75. The molecule has 4 heterocycles. The zero-order chi connectivity index (χ0) is 13.5. The van der Waals surface area contributed by atoms with Gasteiger partial charge in [0.05, 0.1) is 17.9 Å². The monoisotopic (exact) mass is 285 g/mol. The number of rotatable bonds is 2. The van der Waals surface area contributed by atoms with Crippen molar-refractivity contribution in [3.8, 4) is 0 Å². The maximum atomic E-state index is 5.69. The van der Waals surface area contributed by atoms with Crippen LogP contribution in [0.15, 0.2) is 28.9 Å². The van der Waals surface area contributed by atoms with E-state index >= 15 is 0 Å². The van der Waals surface area contributed by atoms with Crippen LogP contribution in [-0.4, -0.2) is 40.1 Å². The number of fused-ring (bicyclic) bond motifs is 2. The van der Waals surface area contributed by atoms with E-state index in [0.29, 0.717) is 21.3 Å². The first kappa shape index (κ1) is 11.1. The second-order valence-electron chi connectivity index (χ2n) is 3.90. The predicted molar refractivity (Wildman–Crippen MR) is 71.9 cm³/mol. The minimum Gasteiger partial charge on any atom is -0.368 e. The molecule has 0 fully saturated rings. The van der Waals surface area contributed by atoms with Gasteiger partial charge < -0.3 is 10.7 Å². The van der Waals surface area contributed by atoms with Crippen molar-refractivity contribution in [2.45, 2.75) is 10.1 Å². The average molecular weight is 285 g/mol. The second-order valence-corrected chi connectivity index (χ2v) is 4.88. The van der Waals surface area contributed by atoms with Crippen molar-refractivity contribution in [3.05, 3.63) is 18.9 Å². The molecule has 4 aromatic rings. The van der Waals surface area contributed by atoms with Crippen LogP contribution in [0.2, 0.25) is 0 Å². The maximum absolute atomic E-state index is 5.69. The molecule has 4 N–H and O–H groups in total. The van der Waals surface area contributed by atoms with Gasteiger partial charge in [-0.15, -0.1) is 0 Å². The van der Waals surface area contributed by atoms with Gasteiger partial charge in [0, 0.05) is 0 Å². The SMILES string of the molecule is Nc1nc(Sc2ncnc3nc[nH]c23)c2cn[nH]c2n1. The number of nitrogens with zero attached hydrogens (tertiary/aromatic N) is 6. The number of hydrogen-bond acceptors (Lipinski definition) is 8. The topological polar surface area (TPSA) is 135 Å². The van der Waals surface area contributed by atoms with E-state index in [2.05, 4.69) is 40.1 Å². The van der Waals surface area contributed by atoms with E-state index in [9.17, 15) is 0 Å². The van der Waals surface area contributed by atoms with Crippen molar-refractivity contribution in [3.63, 3.8) is 0 Å². The van der Waals surface area contributed by atoms with E-state index < -0.39 is 0 Å². The third-order valence-electron chi connectivity index (χ3n) is 2.67. The van der Waals surface area contributed by atoms with Gasteiger partial charge in [-0.2, -0.15) is 10.1 Å². The number of aromatic amines is 2. The molecule has 4 rings (SSSR count). The van der Waals surface area contributed by atoms with Crippen LogP contribution in [0.25, 0.3) is 22.2 Å². The van der Waals surface area contributed by atoms with Gasteiger partial charge in [-0.05, 0) is 11.8 Å². The van der Waals surface area contributed by atoms with Gasteiger partial charge in [-0.1, -0.05) is 0 Å². The third kappa shape index (κ3) is 1.66. The Morgan fingerprint density at radius 1 is 1.10 bits per heavy atom. The number of nitrogen functional groups attached to an aromatic ring is 1. The van der Waals surface area contributed by atoms with Gasteiger partial charge in [-0.25, -0.2) is 19.9 Å². The Bertz CT molecular complexity index is 911. The molecule has 0 atom stereocenters. The number of imidazole rings is 1. The molecule has 0 spiro atoms.